The number of para-hydroxylation sites is 2. The molecule has 7 heteroatoms. The lowest BCUT2D eigenvalue weighted by atomic mass is 10.1. The van der Waals surface area contributed by atoms with Crippen molar-refractivity contribution >= 4 is 38.6 Å². The molecule has 0 spiro atoms. The van der Waals surface area contributed by atoms with Crippen LogP contribution in [0.5, 0.6) is 5.75 Å². The molecule has 1 aromatic heterocycles. The van der Waals surface area contributed by atoms with Gasteiger partial charge in [0, 0.05) is 23.5 Å². The Morgan fingerprint density at radius 2 is 1.73 bits per heavy atom. The number of hydrogen-bond donors (Lipinski definition) is 3. The predicted molar refractivity (Wildman–Crippen MR) is 122 cm³/mol. The number of fused-ring (bicyclic) bond motifs is 1. The van der Waals surface area contributed by atoms with Crippen molar-refractivity contribution in [2.75, 3.05) is 12.4 Å². The second-order valence-electron chi connectivity index (χ2n) is 7.03. The van der Waals surface area contributed by atoms with Crippen molar-refractivity contribution in [3.8, 4) is 5.75 Å². The predicted octanol–water partition coefficient (Wildman–Crippen LogP) is 3.70. The number of nitrogens with one attached hydrogen (secondary N) is 3. The van der Waals surface area contributed by atoms with E-state index in [1.165, 1.54) is 0 Å². The van der Waals surface area contributed by atoms with E-state index in [0.717, 1.165) is 34.2 Å². The number of amides is 2. The standard InChI is InChI=1S/C23H26BrN3O3/c1-30-20-9-5-2-6-16(20)11-13-22(28)26-21(27-23(29)14-24)12-10-17-15-25-19-8-4-3-7-18(17)19/h2-9,15,21,25H,10-14H2,1H3,(H,26,28)(H,27,29). The van der Waals surface area contributed by atoms with Crippen molar-refractivity contribution in [2.24, 2.45) is 0 Å². The van der Waals surface area contributed by atoms with Crippen LogP contribution < -0.4 is 15.4 Å². The number of carbonyl (C=O) groups excluding carboxylic acids is 2. The molecule has 0 aliphatic carbocycles. The van der Waals surface area contributed by atoms with Crippen LogP contribution >= 0.6 is 15.9 Å². The maximum atomic E-state index is 12.5. The van der Waals surface area contributed by atoms with Crippen LogP contribution in [0.15, 0.2) is 54.7 Å². The summed E-state index contributed by atoms with van der Waals surface area (Å²) in [7, 11) is 1.62. The second kappa shape index (κ2) is 10.8. The molecular formula is C23H26BrN3O3. The van der Waals surface area contributed by atoms with Crippen LogP contribution in [0.2, 0.25) is 0 Å². The summed E-state index contributed by atoms with van der Waals surface area (Å²) < 4.78 is 5.34. The number of hydrogen-bond acceptors (Lipinski definition) is 3. The van der Waals surface area contributed by atoms with Gasteiger partial charge in [-0.2, -0.15) is 0 Å². The maximum absolute atomic E-state index is 12.5. The Kier molecular flexibility index (Phi) is 7.90. The minimum absolute atomic E-state index is 0.111. The molecule has 3 rings (SSSR count). The highest BCUT2D eigenvalue weighted by Gasteiger charge is 2.16. The van der Waals surface area contributed by atoms with Crippen molar-refractivity contribution in [2.45, 2.75) is 31.8 Å². The minimum atomic E-state index is -0.436. The molecule has 1 unspecified atom stereocenters. The van der Waals surface area contributed by atoms with E-state index < -0.39 is 6.17 Å². The van der Waals surface area contributed by atoms with Gasteiger partial charge in [-0.1, -0.05) is 52.3 Å². The van der Waals surface area contributed by atoms with Gasteiger partial charge in [-0.3, -0.25) is 9.59 Å². The summed E-state index contributed by atoms with van der Waals surface area (Å²) in [6, 6.07) is 15.8. The molecule has 0 fully saturated rings. The molecule has 30 heavy (non-hydrogen) atoms. The summed E-state index contributed by atoms with van der Waals surface area (Å²) in [6.45, 7) is 0. The van der Waals surface area contributed by atoms with Gasteiger partial charge in [0.2, 0.25) is 11.8 Å². The molecule has 2 aromatic carbocycles. The Morgan fingerprint density at radius 1 is 1.00 bits per heavy atom. The molecule has 0 radical (unpaired) electrons. The number of rotatable bonds is 10. The van der Waals surface area contributed by atoms with Crippen LogP contribution in [0, 0.1) is 0 Å². The first-order valence-corrected chi connectivity index (χ1v) is 11.0. The molecule has 0 aliphatic heterocycles. The Balaban J connectivity index is 1.60. The van der Waals surface area contributed by atoms with E-state index in [0.29, 0.717) is 19.3 Å². The highest BCUT2D eigenvalue weighted by molar-refractivity contribution is 9.09. The average Bonchev–Trinajstić information content (AvgIpc) is 3.19. The van der Waals surface area contributed by atoms with Crippen molar-refractivity contribution in [3.63, 3.8) is 0 Å². The van der Waals surface area contributed by atoms with Crippen LogP contribution in [0.25, 0.3) is 10.9 Å². The summed E-state index contributed by atoms with van der Waals surface area (Å²) in [6.07, 6.45) is 3.75. The summed E-state index contributed by atoms with van der Waals surface area (Å²) >= 11 is 3.17. The molecule has 3 N–H and O–H groups in total. The zero-order valence-electron chi connectivity index (χ0n) is 16.9. The number of aryl methyl sites for hydroxylation is 2. The van der Waals surface area contributed by atoms with Crippen molar-refractivity contribution in [3.05, 3.63) is 65.9 Å². The van der Waals surface area contributed by atoms with Gasteiger partial charge in [-0.15, -0.1) is 0 Å². The molecule has 0 aliphatic rings. The van der Waals surface area contributed by atoms with Crippen LogP contribution in [0.1, 0.15) is 24.0 Å². The number of methoxy groups -OCH3 is 1. The number of aromatic amines is 1. The van der Waals surface area contributed by atoms with E-state index in [4.69, 9.17) is 4.74 Å². The number of carbonyl (C=O) groups is 2. The number of H-pyrrole nitrogens is 1. The third-order valence-corrected chi connectivity index (χ3v) is 5.49. The van der Waals surface area contributed by atoms with E-state index >= 15 is 0 Å². The Labute approximate surface area is 184 Å². The van der Waals surface area contributed by atoms with Crippen molar-refractivity contribution < 1.29 is 14.3 Å². The Morgan fingerprint density at radius 3 is 2.53 bits per heavy atom. The van der Waals surface area contributed by atoms with Crippen LogP contribution in [0.3, 0.4) is 0 Å². The smallest absolute Gasteiger partial charge is 0.232 e. The zero-order chi connectivity index (χ0) is 21.3. The molecule has 3 aromatic rings. The number of alkyl halides is 1. The average molecular weight is 472 g/mol. The summed E-state index contributed by atoms with van der Waals surface area (Å²) in [4.78, 5) is 27.7. The zero-order valence-corrected chi connectivity index (χ0v) is 18.5. The maximum Gasteiger partial charge on any atom is 0.232 e. The van der Waals surface area contributed by atoms with Gasteiger partial charge in [0.05, 0.1) is 12.4 Å². The Bertz CT molecular complexity index is 1000. The third kappa shape index (κ3) is 5.86. The summed E-state index contributed by atoms with van der Waals surface area (Å²) in [5, 5.41) is 7.18. The highest BCUT2D eigenvalue weighted by atomic mass is 79.9. The van der Waals surface area contributed by atoms with E-state index in [1.807, 2.05) is 48.7 Å². The first kappa shape index (κ1) is 21.9. The fourth-order valence-electron chi connectivity index (χ4n) is 3.48. The molecule has 2 amide bonds. The van der Waals surface area contributed by atoms with Crippen molar-refractivity contribution in [1.29, 1.82) is 0 Å². The first-order valence-electron chi connectivity index (χ1n) is 9.92. The van der Waals surface area contributed by atoms with Crippen LogP contribution in [0.4, 0.5) is 0 Å². The van der Waals surface area contributed by atoms with E-state index in [1.54, 1.807) is 7.11 Å². The highest BCUT2D eigenvalue weighted by Crippen LogP contribution is 2.20. The van der Waals surface area contributed by atoms with Gasteiger partial charge in [-0.05, 0) is 42.5 Å². The molecule has 0 saturated heterocycles. The van der Waals surface area contributed by atoms with Crippen molar-refractivity contribution in [1.82, 2.24) is 15.6 Å². The van der Waals surface area contributed by atoms with E-state index in [2.05, 4.69) is 37.6 Å². The van der Waals surface area contributed by atoms with E-state index in [-0.39, 0.29) is 17.1 Å². The lowest BCUT2D eigenvalue weighted by Gasteiger charge is -2.20. The van der Waals surface area contributed by atoms with Crippen LogP contribution in [-0.4, -0.2) is 35.4 Å². The lowest BCUT2D eigenvalue weighted by molar-refractivity contribution is -0.123. The number of aromatic nitrogens is 1. The molecule has 158 valence electrons. The van der Waals surface area contributed by atoms with Gasteiger partial charge in [0.1, 0.15) is 11.9 Å². The number of benzene rings is 2. The quantitative estimate of drug-likeness (QED) is 0.311. The summed E-state index contributed by atoms with van der Waals surface area (Å²) in [5.41, 5.74) is 3.22. The van der Waals surface area contributed by atoms with Gasteiger partial charge >= 0.3 is 0 Å². The minimum Gasteiger partial charge on any atom is -0.496 e. The Hall–Kier alpha value is -2.80. The molecular weight excluding hydrogens is 446 g/mol. The topological polar surface area (TPSA) is 83.2 Å². The number of halogens is 1. The fourth-order valence-corrected chi connectivity index (χ4v) is 3.64. The SMILES string of the molecule is COc1ccccc1CCC(=O)NC(CCc1c[nH]c2ccccc12)NC(=O)CBr. The molecule has 1 heterocycles. The van der Waals surface area contributed by atoms with Gasteiger partial charge in [0.15, 0.2) is 0 Å². The van der Waals surface area contributed by atoms with Crippen LogP contribution in [-0.2, 0) is 22.4 Å². The lowest BCUT2D eigenvalue weighted by Crippen LogP contribution is -2.48. The first-order chi connectivity index (χ1) is 14.6. The van der Waals surface area contributed by atoms with Gasteiger partial charge in [-0.25, -0.2) is 0 Å². The van der Waals surface area contributed by atoms with Gasteiger partial charge < -0.3 is 20.4 Å². The summed E-state index contributed by atoms with van der Waals surface area (Å²) in [5.74, 6) is 0.498. The normalized spacial score (nSPS) is 11.8. The largest absolute Gasteiger partial charge is 0.496 e. The monoisotopic (exact) mass is 471 g/mol. The molecule has 0 saturated carbocycles. The molecule has 0 bridgehead atoms. The molecule has 6 nitrogen and oxygen atoms in total. The third-order valence-electron chi connectivity index (χ3n) is 4.98. The van der Waals surface area contributed by atoms with Gasteiger partial charge in [0.25, 0.3) is 0 Å². The second-order valence-corrected chi connectivity index (χ2v) is 7.59. The van der Waals surface area contributed by atoms with E-state index in [9.17, 15) is 9.59 Å². The molecule has 1 atom stereocenters. The number of ether oxygens (including phenoxy) is 1. The fraction of sp³-hybridized carbons (Fsp3) is 0.304.